The van der Waals surface area contributed by atoms with Crippen LogP contribution < -0.4 is 11.2 Å². The van der Waals surface area contributed by atoms with Crippen molar-refractivity contribution in [3.05, 3.63) is 74.3 Å². The first-order valence-electron chi connectivity index (χ1n) is 8.59. The van der Waals surface area contributed by atoms with Gasteiger partial charge < -0.3 is 9.88 Å². The molecule has 2 N–H and O–H groups in total. The molecule has 0 aliphatic rings. The average molecular weight is 367 g/mol. The standard InChI is InChI=1S/C19H21N5O3/c1-4-24-11-13(9-20-24)10-23(3)18(26)15-7-5-14(6-8-15)16-12(2)21-19(27)22-17(16)25/h5-9,11H,4,10H2,1-3H3,(H2,21,22,25,27). The van der Waals surface area contributed by atoms with Gasteiger partial charge in [0, 0.05) is 43.2 Å². The van der Waals surface area contributed by atoms with E-state index in [-0.39, 0.29) is 5.91 Å². The second-order valence-electron chi connectivity index (χ2n) is 6.35. The van der Waals surface area contributed by atoms with Gasteiger partial charge in [-0.05, 0) is 31.5 Å². The maximum Gasteiger partial charge on any atom is 0.325 e. The summed E-state index contributed by atoms with van der Waals surface area (Å²) in [6.45, 7) is 4.90. The van der Waals surface area contributed by atoms with E-state index in [4.69, 9.17) is 0 Å². The van der Waals surface area contributed by atoms with Gasteiger partial charge in [0.25, 0.3) is 11.5 Å². The average Bonchev–Trinajstić information content (AvgIpc) is 3.08. The van der Waals surface area contributed by atoms with E-state index in [1.807, 2.05) is 17.8 Å². The third kappa shape index (κ3) is 3.89. The summed E-state index contributed by atoms with van der Waals surface area (Å²) in [7, 11) is 1.73. The minimum absolute atomic E-state index is 0.127. The van der Waals surface area contributed by atoms with Crippen LogP contribution in [-0.2, 0) is 13.1 Å². The second-order valence-corrected chi connectivity index (χ2v) is 6.35. The second kappa shape index (κ2) is 7.45. The number of H-pyrrole nitrogens is 2. The Kier molecular flexibility index (Phi) is 5.07. The molecule has 0 radical (unpaired) electrons. The van der Waals surface area contributed by atoms with E-state index in [1.54, 1.807) is 49.3 Å². The normalized spacial score (nSPS) is 10.8. The van der Waals surface area contributed by atoms with E-state index in [2.05, 4.69) is 15.1 Å². The molecule has 3 aromatic rings. The first-order valence-corrected chi connectivity index (χ1v) is 8.59. The number of carbonyl (C=O) groups excluding carboxylic acids is 1. The van der Waals surface area contributed by atoms with Crippen molar-refractivity contribution in [2.75, 3.05) is 7.05 Å². The molecule has 0 aliphatic carbocycles. The molecule has 3 rings (SSSR count). The summed E-state index contributed by atoms with van der Waals surface area (Å²) >= 11 is 0. The number of nitrogens with zero attached hydrogens (tertiary/aromatic N) is 3. The molecule has 0 unspecified atom stereocenters. The topological polar surface area (TPSA) is 104 Å². The van der Waals surface area contributed by atoms with Crippen molar-refractivity contribution < 1.29 is 4.79 Å². The summed E-state index contributed by atoms with van der Waals surface area (Å²) in [5.74, 6) is -0.127. The molecule has 2 heterocycles. The molecule has 0 saturated carbocycles. The number of aromatic amines is 2. The number of benzene rings is 1. The van der Waals surface area contributed by atoms with Gasteiger partial charge in [-0.1, -0.05) is 12.1 Å². The Morgan fingerprint density at radius 3 is 2.48 bits per heavy atom. The molecule has 0 fully saturated rings. The summed E-state index contributed by atoms with van der Waals surface area (Å²) < 4.78 is 1.81. The summed E-state index contributed by atoms with van der Waals surface area (Å²) in [6.07, 6.45) is 3.67. The lowest BCUT2D eigenvalue weighted by Crippen LogP contribution is -2.26. The zero-order valence-corrected chi connectivity index (χ0v) is 15.4. The molecule has 0 atom stereocenters. The molecule has 2 aromatic heterocycles. The summed E-state index contributed by atoms with van der Waals surface area (Å²) in [5.41, 5.74) is 1.97. The van der Waals surface area contributed by atoms with Gasteiger partial charge in [-0.2, -0.15) is 5.10 Å². The molecule has 27 heavy (non-hydrogen) atoms. The first-order chi connectivity index (χ1) is 12.9. The Morgan fingerprint density at radius 1 is 1.19 bits per heavy atom. The lowest BCUT2D eigenvalue weighted by molar-refractivity contribution is 0.0785. The van der Waals surface area contributed by atoms with Gasteiger partial charge in [-0.3, -0.25) is 19.3 Å². The van der Waals surface area contributed by atoms with Crippen LogP contribution in [0.5, 0.6) is 0 Å². The molecule has 1 amide bonds. The van der Waals surface area contributed by atoms with E-state index in [0.717, 1.165) is 12.1 Å². The van der Waals surface area contributed by atoms with Crippen LogP contribution in [0.4, 0.5) is 0 Å². The fourth-order valence-corrected chi connectivity index (χ4v) is 2.95. The Bertz CT molecular complexity index is 1080. The third-order valence-electron chi connectivity index (χ3n) is 4.33. The minimum atomic E-state index is -0.541. The van der Waals surface area contributed by atoms with Crippen LogP contribution in [-0.4, -0.2) is 37.6 Å². The minimum Gasteiger partial charge on any atom is -0.337 e. The number of carbonyl (C=O) groups is 1. The number of nitrogens with one attached hydrogen (secondary N) is 2. The van der Waals surface area contributed by atoms with Gasteiger partial charge >= 0.3 is 5.69 Å². The molecule has 0 spiro atoms. The monoisotopic (exact) mass is 367 g/mol. The molecule has 0 bridgehead atoms. The van der Waals surface area contributed by atoms with E-state index >= 15 is 0 Å². The number of hydrogen-bond acceptors (Lipinski definition) is 4. The molecule has 1 aromatic carbocycles. The number of aryl methyl sites for hydroxylation is 2. The van der Waals surface area contributed by atoms with Gasteiger partial charge in [-0.15, -0.1) is 0 Å². The predicted octanol–water partition coefficient (Wildman–Crippen LogP) is 1.53. The van der Waals surface area contributed by atoms with Crippen molar-refractivity contribution in [3.63, 3.8) is 0 Å². The Hall–Kier alpha value is -3.42. The zero-order valence-electron chi connectivity index (χ0n) is 15.4. The molecular weight excluding hydrogens is 346 g/mol. The maximum absolute atomic E-state index is 12.6. The summed E-state index contributed by atoms with van der Waals surface area (Å²) in [4.78, 5) is 42.4. The molecule has 8 nitrogen and oxygen atoms in total. The highest BCUT2D eigenvalue weighted by atomic mass is 16.2. The van der Waals surface area contributed by atoms with E-state index < -0.39 is 11.2 Å². The van der Waals surface area contributed by atoms with Gasteiger partial charge in [0.2, 0.25) is 0 Å². The number of aromatic nitrogens is 4. The van der Waals surface area contributed by atoms with Gasteiger partial charge in [0.15, 0.2) is 0 Å². The smallest absolute Gasteiger partial charge is 0.325 e. The summed E-state index contributed by atoms with van der Waals surface area (Å²) in [6, 6.07) is 6.75. The Balaban J connectivity index is 1.79. The molecule has 0 saturated heterocycles. The highest BCUT2D eigenvalue weighted by Crippen LogP contribution is 2.18. The fraction of sp³-hybridized carbons (Fsp3) is 0.263. The van der Waals surface area contributed by atoms with Crippen LogP contribution >= 0.6 is 0 Å². The van der Waals surface area contributed by atoms with Gasteiger partial charge in [0.1, 0.15) is 0 Å². The van der Waals surface area contributed by atoms with Crippen molar-refractivity contribution in [2.45, 2.75) is 26.9 Å². The zero-order chi connectivity index (χ0) is 19.6. The quantitative estimate of drug-likeness (QED) is 0.713. The Morgan fingerprint density at radius 2 is 1.89 bits per heavy atom. The van der Waals surface area contributed by atoms with Crippen molar-refractivity contribution in [1.29, 1.82) is 0 Å². The van der Waals surface area contributed by atoms with Crippen molar-refractivity contribution in [2.24, 2.45) is 0 Å². The molecular formula is C19H21N5O3. The first kappa shape index (κ1) is 18.4. The van der Waals surface area contributed by atoms with Crippen LogP contribution in [0.25, 0.3) is 11.1 Å². The molecule has 140 valence electrons. The number of rotatable bonds is 5. The lowest BCUT2D eigenvalue weighted by Gasteiger charge is -2.16. The van der Waals surface area contributed by atoms with E-state index in [9.17, 15) is 14.4 Å². The Labute approximate surface area is 155 Å². The van der Waals surface area contributed by atoms with Crippen molar-refractivity contribution in [1.82, 2.24) is 24.6 Å². The highest BCUT2D eigenvalue weighted by Gasteiger charge is 2.14. The maximum atomic E-state index is 12.6. The molecule has 0 aliphatic heterocycles. The third-order valence-corrected chi connectivity index (χ3v) is 4.33. The largest absolute Gasteiger partial charge is 0.337 e. The van der Waals surface area contributed by atoms with Crippen molar-refractivity contribution in [3.8, 4) is 11.1 Å². The number of hydrogen-bond donors (Lipinski definition) is 2. The van der Waals surface area contributed by atoms with Crippen LogP contribution in [0, 0.1) is 6.92 Å². The fourth-order valence-electron chi connectivity index (χ4n) is 2.95. The van der Waals surface area contributed by atoms with Crippen LogP contribution in [0.3, 0.4) is 0 Å². The van der Waals surface area contributed by atoms with Gasteiger partial charge in [-0.25, -0.2) is 4.79 Å². The lowest BCUT2D eigenvalue weighted by atomic mass is 10.0. The number of amides is 1. The SMILES string of the molecule is CCn1cc(CN(C)C(=O)c2ccc(-c3c(C)[nH]c(=O)[nH]c3=O)cc2)cn1. The predicted molar refractivity (Wildman–Crippen MR) is 102 cm³/mol. The summed E-state index contributed by atoms with van der Waals surface area (Å²) in [5, 5.41) is 4.21. The van der Waals surface area contributed by atoms with E-state index in [1.165, 1.54) is 0 Å². The van der Waals surface area contributed by atoms with Crippen LogP contribution in [0.1, 0.15) is 28.5 Å². The van der Waals surface area contributed by atoms with E-state index in [0.29, 0.717) is 28.9 Å². The van der Waals surface area contributed by atoms with Crippen LogP contribution in [0.15, 0.2) is 46.2 Å². The highest BCUT2D eigenvalue weighted by molar-refractivity contribution is 5.94. The molecule has 8 heteroatoms. The van der Waals surface area contributed by atoms with Crippen LogP contribution in [0.2, 0.25) is 0 Å². The van der Waals surface area contributed by atoms with Crippen molar-refractivity contribution >= 4 is 5.91 Å². The van der Waals surface area contributed by atoms with Gasteiger partial charge in [0.05, 0.1) is 11.8 Å².